The topological polar surface area (TPSA) is 30.5 Å². The van der Waals surface area contributed by atoms with Crippen LogP contribution in [0.4, 0.5) is 0 Å². The number of rotatable bonds is 2. The highest BCUT2D eigenvalue weighted by atomic mass is 16.5. The van der Waals surface area contributed by atoms with E-state index in [2.05, 4.69) is 19.2 Å². The van der Waals surface area contributed by atoms with Gasteiger partial charge in [-0.2, -0.15) is 0 Å². The highest BCUT2D eigenvalue weighted by Gasteiger charge is 2.50. The van der Waals surface area contributed by atoms with Crippen molar-refractivity contribution in [2.24, 2.45) is 5.41 Å². The minimum Gasteiger partial charge on any atom is -0.383 e. The highest BCUT2D eigenvalue weighted by molar-refractivity contribution is 5.04. The quantitative estimate of drug-likeness (QED) is 0.755. The summed E-state index contributed by atoms with van der Waals surface area (Å²) in [6.07, 6.45) is 3.58. The summed E-state index contributed by atoms with van der Waals surface area (Å²) in [5.41, 5.74) is 0.461. The van der Waals surface area contributed by atoms with Gasteiger partial charge in [0.15, 0.2) is 0 Å². The van der Waals surface area contributed by atoms with E-state index in [-0.39, 0.29) is 5.60 Å². The Balaban J connectivity index is 2.10. The summed E-state index contributed by atoms with van der Waals surface area (Å²) in [4.78, 5) is 0. The van der Waals surface area contributed by atoms with Crippen molar-refractivity contribution in [3.05, 3.63) is 0 Å². The molecule has 15 heavy (non-hydrogen) atoms. The van der Waals surface area contributed by atoms with Gasteiger partial charge >= 0.3 is 0 Å². The molecule has 2 atom stereocenters. The summed E-state index contributed by atoms with van der Waals surface area (Å²) in [7, 11) is 1.77. The third-order valence-electron chi connectivity index (χ3n) is 3.85. The summed E-state index contributed by atoms with van der Waals surface area (Å²) in [5, 5.41) is 3.54. The monoisotopic (exact) mass is 213 g/mol. The molecule has 0 aromatic rings. The first-order valence-electron chi connectivity index (χ1n) is 5.94. The second kappa shape index (κ2) is 4.04. The molecule has 2 rings (SSSR count). The van der Waals surface area contributed by atoms with E-state index < -0.39 is 0 Å². The molecule has 2 aliphatic rings. The van der Waals surface area contributed by atoms with Gasteiger partial charge in [-0.1, -0.05) is 13.8 Å². The van der Waals surface area contributed by atoms with E-state index in [1.165, 1.54) is 12.8 Å². The largest absolute Gasteiger partial charge is 0.383 e. The molecule has 1 spiro atoms. The van der Waals surface area contributed by atoms with Crippen molar-refractivity contribution in [2.75, 3.05) is 26.9 Å². The Morgan fingerprint density at radius 2 is 2.20 bits per heavy atom. The highest BCUT2D eigenvalue weighted by Crippen LogP contribution is 2.48. The van der Waals surface area contributed by atoms with Gasteiger partial charge in [0.1, 0.15) is 0 Å². The Labute approximate surface area is 92.5 Å². The second-order valence-corrected chi connectivity index (χ2v) is 5.72. The van der Waals surface area contributed by atoms with Gasteiger partial charge in [0.05, 0.1) is 24.9 Å². The molecule has 0 aromatic heterocycles. The van der Waals surface area contributed by atoms with Crippen LogP contribution in [0.2, 0.25) is 0 Å². The molecule has 3 nitrogen and oxygen atoms in total. The van der Waals surface area contributed by atoms with Crippen LogP contribution in [0.5, 0.6) is 0 Å². The summed E-state index contributed by atoms with van der Waals surface area (Å²) < 4.78 is 11.4. The predicted molar refractivity (Wildman–Crippen MR) is 60.0 cm³/mol. The van der Waals surface area contributed by atoms with Crippen LogP contribution in [0.15, 0.2) is 0 Å². The Kier molecular flexibility index (Phi) is 3.06. The molecule has 3 heteroatoms. The molecule has 1 saturated carbocycles. The van der Waals surface area contributed by atoms with Crippen molar-refractivity contribution in [1.82, 2.24) is 5.32 Å². The second-order valence-electron chi connectivity index (χ2n) is 5.72. The average Bonchev–Trinajstić information content (AvgIpc) is 2.48. The van der Waals surface area contributed by atoms with Gasteiger partial charge < -0.3 is 14.8 Å². The lowest BCUT2D eigenvalue weighted by Crippen LogP contribution is -2.59. The number of hydrogen-bond acceptors (Lipinski definition) is 3. The van der Waals surface area contributed by atoms with Crippen molar-refractivity contribution in [3.63, 3.8) is 0 Å². The molecular weight excluding hydrogens is 190 g/mol. The van der Waals surface area contributed by atoms with E-state index in [0.717, 1.165) is 26.2 Å². The molecule has 0 aromatic carbocycles. The van der Waals surface area contributed by atoms with E-state index in [9.17, 15) is 0 Å². The SMILES string of the molecule is COCC1NCCOC12CCC(C)(C)C2. The Hall–Kier alpha value is -0.120. The zero-order valence-electron chi connectivity index (χ0n) is 10.1. The first kappa shape index (κ1) is 11.4. The number of methoxy groups -OCH3 is 1. The summed E-state index contributed by atoms with van der Waals surface area (Å²) in [5.74, 6) is 0. The van der Waals surface area contributed by atoms with E-state index in [1.54, 1.807) is 7.11 Å². The molecule has 88 valence electrons. The molecule has 2 unspecified atom stereocenters. The van der Waals surface area contributed by atoms with Gasteiger partial charge in [0, 0.05) is 13.7 Å². The third-order valence-corrected chi connectivity index (χ3v) is 3.85. The number of nitrogens with one attached hydrogen (secondary N) is 1. The zero-order valence-corrected chi connectivity index (χ0v) is 10.1. The van der Waals surface area contributed by atoms with Crippen LogP contribution in [-0.4, -0.2) is 38.5 Å². The van der Waals surface area contributed by atoms with Crippen LogP contribution < -0.4 is 5.32 Å². The van der Waals surface area contributed by atoms with Gasteiger partial charge in [-0.25, -0.2) is 0 Å². The molecule has 1 aliphatic carbocycles. The van der Waals surface area contributed by atoms with Crippen LogP contribution in [0.1, 0.15) is 33.1 Å². The first-order chi connectivity index (χ1) is 7.08. The van der Waals surface area contributed by atoms with Gasteiger partial charge in [-0.05, 0) is 24.7 Å². The standard InChI is InChI=1S/C12H23NO2/c1-11(2)4-5-12(9-11)10(8-14-3)13-6-7-15-12/h10,13H,4-9H2,1-3H3. The van der Waals surface area contributed by atoms with Crippen molar-refractivity contribution in [1.29, 1.82) is 0 Å². The first-order valence-corrected chi connectivity index (χ1v) is 5.94. The Morgan fingerprint density at radius 3 is 2.80 bits per heavy atom. The van der Waals surface area contributed by atoms with Crippen LogP contribution >= 0.6 is 0 Å². The van der Waals surface area contributed by atoms with Gasteiger partial charge in [0.25, 0.3) is 0 Å². The normalized spacial score (nSPS) is 39.8. The number of hydrogen-bond donors (Lipinski definition) is 1. The van der Waals surface area contributed by atoms with Crippen molar-refractivity contribution in [3.8, 4) is 0 Å². The van der Waals surface area contributed by atoms with Crippen LogP contribution in [-0.2, 0) is 9.47 Å². The van der Waals surface area contributed by atoms with E-state index in [0.29, 0.717) is 11.5 Å². The molecule has 2 fully saturated rings. The minimum atomic E-state index is 0.0394. The maximum atomic E-state index is 6.08. The Bertz CT molecular complexity index is 228. The van der Waals surface area contributed by atoms with E-state index in [1.807, 2.05) is 0 Å². The maximum Gasteiger partial charge on any atom is 0.0863 e. The molecule has 0 radical (unpaired) electrons. The van der Waals surface area contributed by atoms with Crippen LogP contribution in [0.25, 0.3) is 0 Å². The van der Waals surface area contributed by atoms with Crippen LogP contribution in [0.3, 0.4) is 0 Å². The van der Waals surface area contributed by atoms with Crippen molar-refractivity contribution >= 4 is 0 Å². The smallest absolute Gasteiger partial charge is 0.0863 e. The van der Waals surface area contributed by atoms with Gasteiger partial charge in [-0.15, -0.1) is 0 Å². The summed E-state index contributed by atoms with van der Waals surface area (Å²) in [6.45, 7) is 7.23. The van der Waals surface area contributed by atoms with Crippen LogP contribution in [0, 0.1) is 5.41 Å². The minimum absolute atomic E-state index is 0.0394. The van der Waals surface area contributed by atoms with Gasteiger partial charge in [0.2, 0.25) is 0 Å². The summed E-state index contributed by atoms with van der Waals surface area (Å²) in [6, 6.07) is 0.373. The molecular formula is C12H23NO2. The number of ether oxygens (including phenoxy) is 2. The fourth-order valence-corrected chi connectivity index (χ4v) is 3.11. The lowest BCUT2D eigenvalue weighted by Gasteiger charge is -2.42. The van der Waals surface area contributed by atoms with Gasteiger partial charge in [-0.3, -0.25) is 0 Å². The van der Waals surface area contributed by atoms with Crippen molar-refractivity contribution < 1.29 is 9.47 Å². The Morgan fingerprint density at radius 1 is 1.40 bits per heavy atom. The predicted octanol–water partition coefficient (Wildman–Crippen LogP) is 1.57. The molecule has 1 saturated heterocycles. The van der Waals surface area contributed by atoms with E-state index in [4.69, 9.17) is 9.47 Å². The maximum absolute atomic E-state index is 6.08. The molecule has 0 amide bonds. The lowest BCUT2D eigenvalue weighted by atomic mass is 9.85. The van der Waals surface area contributed by atoms with Crippen molar-refractivity contribution in [2.45, 2.75) is 44.8 Å². The molecule has 1 aliphatic heterocycles. The molecule has 1 heterocycles. The zero-order chi connectivity index (χ0) is 10.9. The fraction of sp³-hybridized carbons (Fsp3) is 1.00. The number of morpholine rings is 1. The molecule has 1 N–H and O–H groups in total. The molecule has 0 bridgehead atoms. The van der Waals surface area contributed by atoms with E-state index >= 15 is 0 Å². The fourth-order valence-electron chi connectivity index (χ4n) is 3.11. The lowest BCUT2D eigenvalue weighted by molar-refractivity contribution is -0.110. The summed E-state index contributed by atoms with van der Waals surface area (Å²) >= 11 is 0. The average molecular weight is 213 g/mol. The third kappa shape index (κ3) is 2.19.